The van der Waals surface area contributed by atoms with Crippen LogP contribution in [0, 0.1) is 11.3 Å². The number of benzene rings is 2. The average Bonchev–Trinajstić information content (AvgIpc) is 2.68. The van der Waals surface area contributed by atoms with Gasteiger partial charge >= 0.3 is 0 Å². The van der Waals surface area contributed by atoms with Gasteiger partial charge in [-0.15, -0.1) is 0 Å². The number of nitrogens with two attached hydrogens (primary N) is 1. The van der Waals surface area contributed by atoms with Crippen LogP contribution in [0.5, 0.6) is 5.75 Å². The standard InChI is InChI=1S/C22H18N2O3/c23-12-17-20(14-6-8-16(25)9-7-14)21-18(26)10-15(11-19(21)27-22(17)24)13-4-2-1-3-5-13/h1-9,15,20,25H,10-11,24H2/t15-,20+/m1/s1. The van der Waals surface area contributed by atoms with Gasteiger partial charge in [-0.25, -0.2) is 0 Å². The molecule has 1 heterocycles. The zero-order chi connectivity index (χ0) is 19.0. The Morgan fingerprint density at radius 2 is 1.74 bits per heavy atom. The number of aromatic hydroxyl groups is 1. The Labute approximate surface area is 157 Å². The Balaban J connectivity index is 1.79. The monoisotopic (exact) mass is 358 g/mol. The maximum absolute atomic E-state index is 13.1. The number of nitrogens with zero attached hydrogens (tertiary/aromatic N) is 1. The zero-order valence-electron chi connectivity index (χ0n) is 14.6. The van der Waals surface area contributed by atoms with E-state index in [1.807, 2.05) is 30.3 Å². The van der Waals surface area contributed by atoms with E-state index in [9.17, 15) is 15.2 Å². The lowest BCUT2D eigenvalue weighted by atomic mass is 9.73. The molecule has 0 unspecified atom stereocenters. The fourth-order valence-corrected chi connectivity index (χ4v) is 3.87. The summed E-state index contributed by atoms with van der Waals surface area (Å²) < 4.78 is 5.74. The molecule has 0 fully saturated rings. The molecule has 27 heavy (non-hydrogen) atoms. The lowest BCUT2D eigenvalue weighted by molar-refractivity contribution is -0.117. The maximum Gasteiger partial charge on any atom is 0.205 e. The van der Waals surface area contributed by atoms with Crippen molar-refractivity contribution in [1.82, 2.24) is 0 Å². The Kier molecular flexibility index (Phi) is 4.17. The van der Waals surface area contributed by atoms with Gasteiger partial charge in [0.05, 0.1) is 5.92 Å². The molecule has 5 nitrogen and oxygen atoms in total. The predicted octanol–water partition coefficient (Wildman–Crippen LogP) is 3.60. The van der Waals surface area contributed by atoms with Gasteiger partial charge in [-0.2, -0.15) is 5.26 Å². The molecule has 3 N–H and O–H groups in total. The van der Waals surface area contributed by atoms with E-state index in [1.165, 1.54) is 12.1 Å². The summed E-state index contributed by atoms with van der Waals surface area (Å²) in [6.45, 7) is 0. The lowest BCUT2D eigenvalue weighted by Gasteiger charge is -2.34. The normalized spacial score (nSPS) is 22.1. The molecule has 0 radical (unpaired) electrons. The summed E-state index contributed by atoms with van der Waals surface area (Å²) in [5.74, 6) is 0.112. The third-order valence-electron chi connectivity index (χ3n) is 5.16. The second-order valence-electron chi connectivity index (χ2n) is 6.79. The van der Waals surface area contributed by atoms with Crippen molar-refractivity contribution in [2.75, 3.05) is 0 Å². The van der Waals surface area contributed by atoms with Crippen molar-refractivity contribution in [3.63, 3.8) is 0 Å². The maximum atomic E-state index is 13.1. The number of carbonyl (C=O) groups excluding carboxylic acids is 1. The minimum absolute atomic E-state index is 0.0225. The van der Waals surface area contributed by atoms with Gasteiger partial charge in [0.15, 0.2) is 5.78 Å². The first-order chi connectivity index (χ1) is 13.1. The second kappa shape index (κ2) is 6.65. The molecule has 2 atom stereocenters. The van der Waals surface area contributed by atoms with Crippen LogP contribution in [0.15, 0.2) is 77.4 Å². The first kappa shape index (κ1) is 16.9. The molecular weight excluding hydrogens is 340 g/mol. The Morgan fingerprint density at radius 1 is 1.04 bits per heavy atom. The van der Waals surface area contributed by atoms with E-state index in [1.54, 1.807) is 12.1 Å². The highest BCUT2D eigenvalue weighted by Crippen LogP contribution is 2.46. The number of hydrogen-bond acceptors (Lipinski definition) is 5. The third kappa shape index (κ3) is 2.96. The molecule has 0 saturated heterocycles. The average molecular weight is 358 g/mol. The molecule has 2 aromatic rings. The highest BCUT2D eigenvalue weighted by molar-refractivity contribution is 6.00. The molecule has 2 aliphatic rings. The number of Topliss-reactive ketones (excluding diaryl/α,β-unsaturated/α-hetero) is 1. The van der Waals surface area contributed by atoms with E-state index in [2.05, 4.69) is 6.07 Å². The number of allylic oxidation sites excluding steroid dienone is 3. The Hall–Kier alpha value is -3.52. The molecule has 0 aromatic heterocycles. The van der Waals surface area contributed by atoms with Crippen molar-refractivity contribution in [3.05, 3.63) is 88.5 Å². The van der Waals surface area contributed by atoms with Crippen LogP contribution in [0.4, 0.5) is 0 Å². The van der Waals surface area contributed by atoms with E-state index in [0.29, 0.717) is 24.2 Å². The van der Waals surface area contributed by atoms with Crippen molar-refractivity contribution in [2.24, 2.45) is 5.73 Å². The van der Waals surface area contributed by atoms with Gasteiger partial charge in [0.2, 0.25) is 5.88 Å². The number of ether oxygens (including phenoxy) is 1. The van der Waals surface area contributed by atoms with Crippen molar-refractivity contribution >= 4 is 5.78 Å². The van der Waals surface area contributed by atoms with Crippen molar-refractivity contribution < 1.29 is 14.6 Å². The van der Waals surface area contributed by atoms with Crippen LogP contribution in [0.3, 0.4) is 0 Å². The van der Waals surface area contributed by atoms with Crippen LogP contribution in [0.25, 0.3) is 0 Å². The molecule has 0 amide bonds. The molecule has 1 aliphatic carbocycles. The molecule has 0 spiro atoms. The summed E-state index contributed by atoms with van der Waals surface area (Å²) in [5.41, 5.74) is 8.56. The summed E-state index contributed by atoms with van der Waals surface area (Å²) in [7, 11) is 0. The molecule has 2 aromatic carbocycles. The van der Waals surface area contributed by atoms with Crippen LogP contribution in [-0.2, 0) is 9.53 Å². The molecular formula is C22H18N2O3. The summed E-state index contributed by atoms with van der Waals surface area (Å²) in [5, 5.41) is 19.2. The summed E-state index contributed by atoms with van der Waals surface area (Å²) in [4.78, 5) is 13.1. The summed E-state index contributed by atoms with van der Waals surface area (Å²) in [6, 6.07) is 18.4. The van der Waals surface area contributed by atoms with Crippen LogP contribution >= 0.6 is 0 Å². The van der Waals surface area contributed by atoms with Crippen LogP contribution < -0.4 is 5.73 Å². The smallest absolute Gasteiger partial charge is 0.205 e. The van der Waals surface area contributed by atoms with E-state index < -0.39 is 5.92 Å². The SMILES string of the molecule is N#CC1=C(N)OC2=C(C(=O)C[C@@H](c3ccccc3)C2)[C@H]1c1ccc(O)cc1. The second-order valence-corrected chi connectivity index (χ2v) is 6.79. The lowest BCUT2D eigenvalue weighted by Crippen LogP contribution is -2.29. The fraction of sp³-hybridized carbons (Fsp3) is 0.182. The molecule has 134 valence electrons. The quantitative estimate of drug-likeness (QED) is 0.855. The molecule has 4 rings (SSSR count). The summed E-state index contributed by atoms with van der Waals surface area (Å²) >= 11 is 0. The van der Waals surface area contributed by atoms with Gasteiger partial charge in [0, 0.05) is 18.4 Å². The Morgan fingerprint density at radius 3 is 2.41 bits per heavy atom. The van der Waals surface area contributed by atoms with Crippen molar-refractivity contribution in [3.8, 4) is 11.8 Å². The van der Waals surface area contributed by atoms with Crippen molar-refractivity contribution in [2.45, 2.75) is 24.7 Å². The topological polar surface area (TPSA) is 96.3 Å². The first-order valence-electron chi connectivity index (χ1n) is 8.76. The first-order valence-corrected chi connectivity index (χ1v) is 8.76. The number of carbonyl (C=O) groups is 1. The van der Waals surface area contributed by atoms with E-state index in [4.69, 9.17) is 10.5 Å². The molecule has 1 aliphatic heterocycles. The number of ketones is 1. The molecule has 0 bridgehead atoms. The number of rotatable bonds is 2. The van der Waals surface area contributed by atoms with Gasteiger partial charge in [-0.1, -0.05) is 42.5 Å². The van der Waals surface area contributed by atoms with Crippen LogP contribution in [0.2, 0.25) is 0 Å². The van der Waals surface area contributed by atoms with E-state index in [-0.39, 0.29) is 28.9 Å². The molecule has 5 heteroatoms. The number of hydrogen-bond donors (Lipinski definition) is 2. The molecule has 0 saturated carbocycles. The van der Waals surface area contributed by atoms with Gasteiger partial charge in [0.25, 0.3) is 0 Å². The van der Waals surface area contributed by atoms with Crippen LogP contribution in [0.1, 0.15) is 35.8 Å². The van der Waals surface area contributed by atoms with E-state index in [0.717, 1.165) is 11.1 Å². The van der Waals surface area contributed by atoms with Gasteiger partial charge < -0.3 is 15.6 Å². The number of nitriles is 1. The van der Waals surface area contributed by atoms with Crippen molar-refractivity contribution in [1.29, 1.82) is 5.26 Å². The van der Waals surface area contributed by atoms with Gasteiger partial charge in [-0.3, -0.25) is 4.79 Å². The van der Waals surface area contributed by atoms with Crippen LogP contribution in [-0.4, -0.2) is 10.9 Å². The third-order valence-corrected chi connectivity index (χ3v) is 5.16. The zero-order valence-corrected chi connectivity index (χ0v) is 14.6. The van der Waals surface area contributed by atoms with Gasteiger partial charge in [-0.05, 0) is 29.2 Å². The summed E-state index contributed by atoms with van der Waals surface area (Å²) in [6.07, 6.45) is 0.915. The highest BCUT2D eigenvalue weighted by atomic mass is 16.5. The highest BCUT2D eigenvalue weighted by Gasteiger charge is 2.40. The Bertz CT molecular complexity index is 998. The largest absolute Gasteiger partial charge is 0.508 e. The van der Waals surface area contributed by atoms with E-state index >= 15 is 0 Å². The fourth-order valence-electron chi connectivity index (χ4n) is 3.87. The number of phenolic OH excluding ortho intramolecular Hbond substituents is 1. The minimum atomic E-state index is -0.566. The van der Waals surface area contributed by atoms with Gasteiger partial charge in [0.1, 0.15) is 23.2 Å². The predicted molar refractivity (Wildman–Crippen MR) is 99.2 cm³/mol. The minimum Gasteiger partial charge on any atom is -0.508 e. The number of phenols is 1.